The van der Waals surface area contributed by atoms with E-state index < -0.39 is 4.99 Å². The highest BCUT2D eigenvalue weighted by Crippen LogP contribution is 2.39. The molecule has 0 amide bonds. The number of thiazole rings is 1. The number of rotatable bonds is 4. The minimum absolute atomic E-state index is 0.467. The summed E-state index contributed by atoms with van der Waals surface area (Å²) in [6.07, 6.45) is 5.65. The summed E-state index contributed by atoms with van der Waals surface area (Å²) in [7, 11) is 0. The molecule has 2 N–H and O–H groups in total. The fourth-order valence-corrected chi connectivity index (χ4v) is 4.63. The van der Waals surface area contributed by atoms with Crippen molar-refractivity contribution in [2.24, 2.45) is 0 Å². The van der Waals surface area contributed by atoms with Gasteiger partial charge >= 0.3 is 0 Å². The fourth-order valence-electron chi connectivity index (χ4n) is 2.19. The second-order valence-electron chi connectivity index (χ2n) is 4.62. The van der Waals surface area contributed by atoms with E-state index in [1.807, 2.05) is 41.5 Å². The predicted octanol–water partition coefficient (Wildman–Crippen LogP) is 4.30. The van der Waals surface area contributed by atoms with Crippen molar-refractivity contribution in [2.45, 2.75) is 4.99 Å². The van der Waals surface area contributed by atoms with Crippen molar-refractivity contribution >= 4 is 40.3 Å². The lowest BCUT2D eigenvalue weighted by Gasteiger charge is -2.28. The van der Waals surface area contributed by atoms with E-state index in [-0.39, 0.29) is 0 Å². The Balaban J connectivity index is 1.60. The van der Waals surface area contributed by atoms with Crippen LogP contribution in [0.3, 0.4) is 0 Å². The summed E-state index contributed by atoms with van der Waals surface area (Å²) in [6, 6.07) is 8.24. The standard InChI is InChI=1S/C15H12N4S3/c1-2-12(20-7-1)11-3-4-13(17-10-11)19-15(18-6-9-22-15)14-16-5-8-21-14/h1-10,18H,(H,17,19). The molecule has 1 unspecified atom stereocenters. The molecule has 0 aromatic carbocycles. The van der Waals surface area contributed by atoms with Gasteiger partial charge in [0.05, 0.1) is 0 Å². The van der Waals surface area contributed by atoms with Gasteiger partial charge in [-0.15, -0.1) is 22.7 Å². The minimum atomic E-state index is -0.467. The fraction of sp³-hybridized carbons (Fsp3) is 0.0667. The van der Waals surface area contributed by atoms with E-state index in [0.717, 1.165) is 16.4 Å². The Morgan fingerprint density at radius 2 is 2.09 bits per heavy atom. The highest BCUT2D eigenvalue weighted by molar-refractivity contribution is 8.03. The molecular formula is C15H12N4S3. The molecule has 0 saturated heterocycles. The number of nitrogens with zero attached hydrogens (tertiary/aromatic N) is 2. The molecule has 0 fully saturated rings. The predicted molar refractivity (Wildman–Crippen MR) is 94.8 cm³/mol. The van der Waals surface area contributed by atoms with Crippen LogP contribution in [0.15, 0.2) is 59.0 Å². The van der Waals surface area contributed by atoms with Crippen LogP contribution in [0.2, 0.25) is 0 Å². The molecule has 1 aliphatic heterocycles. The first-order chi connectivity index (χ1) is 10.9. The third-order valence-corrected chi connectivity index (χ3v) is 6.19. The number of aromatic nitrogens is 2. The normalized spacial score (nSPS) is 20.0. The van der Waals surface area contributed by atoms with Gasteiger partial charge in [-0.1, -0.05) is 17.8 Å². The minimum Gasteiger partial charge on any atom is -0.354 e. The molecule has 0 radical (unpaired) electrons. The van der Waals surface area contributed by atoms with Gasteiger partial charge in [0.2, 0.25) is 4.99 Å². The summed E-state index contributed by atoms with van der Waals surface area (Å²) in [5.41, 5.74) is 1.13. The van der Waals surface area contributed by atoms with E-state index in [2.05, 4.69) is 38.1 Å². The average molecular weight is 344 g/mol. The van der Waals surface area contributed by atoms with Crippen molar-refractivity contribution in [3.05, 3.63) is 64.0 Å². The topological polar surface area (TPSA) is 49.8 Å². The van der Waals surface area contributed by atoms with Gasteiger partial charge in [0.25, 0.3) is 0 Å². The first kappa shape index (κ1) is 13.8. The Labute approximate surface area is 140 Å². The molecule has 0 bridgehead atoms. The van der Waals surface area contributed by atoms with Crippen LogP contribution >= 0.6 is 34.4 Å². The van der Waals surface area contributed by atoms with Crippen molar-refractivity contribution in [3.63, 3.8) is 0 Å². The number of thiophene rings is 1. The van der Waals surface area contributed by atoms with Crippen molar-refractivity contribution < 1.29 is 0 Å². The van der Waals surface area contributed by atoms with Gasteiger partial charge < -0.3 is 10.6 Å². The Morgan fingerprint density at radius 3 is 2.73 bits per heavy atom. The van der Waals surface area contributed by atoms with Crippen molar-refractivity contribution in [1.82, 2.24) is 15.3 Å². The lowest BCUT2D eigenvalue weighted by Crippen LogP contribution is -2.41. The molecule has 1 atom stereocenters. The molecule has 3 aromatic heterocycles. The molecular weight excluding hydrogens is 332 g/mol. The third kappa shape index (κ3) is 2.51. The summed E-state index contributed by atoms with van der Waals surface area (Å²) in [5, 5.41) is 13.9. The molecule has 110 valence electrons. The van der Waals surface area contributed by atoms with E-state index in [0.29, 0.717) is 0 Å². The molecule has 22 heavy (non-hydrogen) atoms. The molecule has 0 spiro atoms. The molecule has 4 heterocycles. The summed E-state index contributed by atoms with van der Waals surface area (Å²) in [4.78, 5) is 9.73. The summed E-state index contributed by atoms with van der Waals surface area (Å²) >= 11 is 4.98. The molecule has 0 saturated carbocycles. The number of pyridine rings is 1. The zero-order chi connectivity index (χ0) is 14.8. The second kappa shape index (κ2) is 5.75. The van der Waals surface area contributed by atoms with Gasteiger partial charge in [-0.2, -0.15) is 0 Å². The third-order valence-electron chi connectivity index (χ3n) is 3.21. The summed E-state index contributed by atoms with van der Waals surface area (Å²) in [6.45, 7) is 0. The zero-order valence-electron chi connectivity index (χ0n) is 11.4. The van der Waals surface area contributed by atoms with E-state index in [4.69, 9.17) is 0 Å². The number of thioether (sulfide) groups is 1. The number of anilines is 1. The van der Waals surface area contributed by atoms with Crippen LogP contribution in [0, 0.1) is 0 Å². The first-order valence-corrected chi connectivity index (χ1v) is 9.28. The van der Waals surface area contributed by atoms with Gasteiger partial charge in [-0.3, -0.25) is 0 Å². The Morgan fingerprint density at radius 1 is 1.09 bits per heavy atom. The lowest BCUT2D eigenvalue weighted by atomic mass is 10.2. The summed E-state index contributed by atoms with van der Waals surface area (Å²) < 4.78 is 0. The SMILES string of the molecule is C1=CSC(Nc2ccc(-c3cccs3)cn2)(c2nccs2)N1. The van der Waals surface area contributed by atoms with Crippen molar-refractivity contribution in [2.75, 3.05) is 5.32 Å². The molecule has 4 rings (SSSR count). The maximum Gasteiger partial charge on any atom is 0.215 e. The number of hydrogen-bond donors (Lipinski definition) is 2. The average Bonchev–Trinajstić information content (AvgIpc) is 3.30. The molecule has 0 aliphatic carbocycles. The van der Waals surface area contributed by atoms with E-state index in [1.165, 1.54) is 4.88 Å². The van der Waals surface area contributed by atoms with Crippen LogP contribution in [0.4, 0.5) is 5.82 Å². The van der Waals surface area contributed by atoms with E-state index in [1.54, 1.807) is 34.4 Å². The maximum atomic E-state index is 4.54. The molecule has 1 aliphatic rings. The largest absolute Gasteiger partial charge is 0.354 e. The van der Waals surface area contributed by atoms with Crippen molar-refractivity contribution in [1.29, 1.82) is 0 Å². The Hall–Kier alpha value is -1.83. The zero-order valence-corrected chi connectivity index (χ0v) is 13.8. The van der Waals surface area contributed by atoms with Gasteiger partial charge in [0, 0.05) is 34.4 Å². The van der Waals surface area contributed by atoms with Crippen LogP contribution in [0.25, 0.3) is 10.4 Å². The molecule has 3 aromatic rings. The van der Waals surface area contributed by atoms with Gasteiger partial charge in [0.1, 0.15) is 10.8 Å². The molecule has 4 nitrogen and oxygen atoms in total. The lowest BCUT2D eigenvalue weighted by molar-refractivity contribution is 0.640. The summed E-state index contributed by atoms with van der Waals surface area (Å²) in [5.74, 6) is 0.819. The second-order valence-corrected chi connectivity index (χ2v) is 7.58. The number of hydrogen-bond acceptors (Lipinski definition) is 7. The monoisotopic (exact) mass is 344 g/mol. The Bertz CT molecular complexity index is 756. The van der Waals surface area contributed by atoms with E-state index in [9.17, 15) is 0 Å². The molecule has 7 heteroatoms. The van der Waals surface area contributed by atoms with Crippen LogP contribution in [-0.2, 0) is 4.99 Å². The van der Waals surface area contributed by atoms with E-state index >= 15 is 0 Å². The highest BCUT2D eigenvalue weighted by Gasteiger charge is 2.37. The van der Waals surface area contributed by atoms with Crippen LogP contribution in [0.5, 0.6) is 0 Å². The van der Waals surface area contributed by atoms with Crippen LogP contribution in [0.1, 0.15) is 5.01 Å². The quantitative estimate of drug-likeness (QED) is 0.739. The Kier molecular flexibility index (Phi) is 3.61. The van der Waals surface area contributed by atoms with Gasteiger partial charge in [-0.05, 0) is 29.0 Å². The highest BCUT2D eigenvalue weighted by atomic mass is 32.2. The maximum absolute atomic E-state index is 4.54. The van der Waals surface area contributed by atoms with Gasteiger partial charge in [-0.25, -0.2) is 9.97 Å². The van der Waals surface area contributed by atoms with Crippen molar-refractivity contribution in [3.8, 4) is 10.4 Å². The van der Waals surface area contributed by atoms with Crippen LogP contribution in [-0.4, -0.2) is 9.97 Å². The van der Waals surface area contributed by atoms with Crippen LogP contribution < -0.4 is 10.6 Å². The van der Waals surface area contributed by atoms with Gasteiger partial charge in [0.15, 0.2) is 0 Å². The smallest absolute Gasteiger partial charge is 0.215 e. The number of nitrogens with one attached hydrogen (secondary N) is 2. The first-order valence-electron chi connectivity index (χ1n) is 6.64.